The standard InChI is InChI=1S/C30H29N3O6S/c1-18-7-5-9-22(13-18)31-28(35)17-39-24-12-11-21(14-25(24)38-4)15-26-29(36)33(30(37)40-26)16-27(34)32-23-10-6-8-19(2)20(23)3/h5-15H,16-17H2,1-4H3,(H,31,35)(H,32,34)/b26-15+. The van der Waals surface area contributed by atoms with E-state index in [1.54, 1.807) is 36.4 Å². The molecule has 40 heavy (non-hydrogen) atoms. The monoisotopic (exact) mass is 559 g/mol. The summed E-state index contributed by atoms with van der Waals surface area (Å²) >= 11 is 0.758. The van der Waals surface area contributed by atoms with Crippen molar-refractivity contribution in [2.75, 3.05) is 30.9 Å². The smallest absolute Gasteiger partial charge is 0.294 e. The number of nitrogens with one attached hydrogen (secondary N) is 2. The number of hydrogen-bond acceptors (Lipinski definition) is 7. The lowest BCUT2D eigenvalue weighted by molar-refractivity contribution is -0.127. The van der Waals surface area contributed by atoms with E-state index in [-0.39, 0.29) is 17.4 Å². The first kappa shape index (κ1) is 28.4. The number of ether oxygens (including phenoxy) is 2. The Bertz CT molecular complexity index is 1520. The van der Waals surface area contributed by atoms with Gasteiger partial charge in [0.25, 0.3) is 17.1 Å². The lowest BCUT2D eigenvalue weighted by atomic mass is 10.1. The Morgan fingerprint density at radius 1 is 0.925 bits per heavy atom. The number of methoxy groups -OCH3 is 1. The second kappa shape index (κ2) is 12.5. The van der Waals surface area contributed by atoms with E-state index < -0.39 is 23.6 Å². The average molecular weight is 560 g/mol. The van der Waals surface area contributed by atoms with Crippen molar-refractivity contribution in [1.29, 1.82) is 0 Å². The Labute approximate surface area is 236 Å². The minimum Gasteiger partial charge on any atom is -0.493 e. The molecule has 0 spiro atoms. The number of anilines is 2. The van der Waals surface area contributed by atoms with Gasteiger partial charge in [0.2, 0.25) is 5.91 Å². The van der Waals surface area contributed by atoms with Gasteiger partial charge in [-0.05, 0) is 91.2 Å². The summed E-state index contributed by atoms with van der Waals surface area (Å²) in [5.74, 6) is -0.656. The average Bonchev–Trinajstić information content (AvgIpc) is 3.17. The van der Waals surface area contributed by atoms with E-state index in [4.69, 9.17) is 9.47 Å². The fraction of sp³-hybridized carbons (Fsp3) is 0.200. The Morgan fingerprint density at radius 3 is 2.45 bits per heavy atom. The van der Waals surface area contributed by atoms with Crippen molar-refractivity contribution < 1.29 is 28.7 Å². The van der Waals surface area contributed by atoms with E-state index in [1.807, 2.05) is 51.1 Å². The van der Waals surface area contributed by atoms with E-state index in [9.17, 15) is 19.2 Å². The predicted molar refractivity (Wildman–Crippen MR) is 156 cm³/mol. The van der Waals surface area contributed by atoms with E-state index in [0.717, 1.165) is 33.4 Å². The summed E-state index contributed by atoms with van der Waals surface area (Å²) in [4.78, 5) is 51.5. The molecule has 0 atom stereocenters. The van der Waals surface area contributed by atoms with Crippen LogP contribution >= 0.6 is 11.8 Å². The van der Waals surface area contributed by atoms with Crippen molar-refractivity contribution in [2.45, 2.75) is 20.8 Å². The molecule has 0 unspecified atom stereocenters. The van der Waals surface area contributed by atoms with E-state index >= 15 is 0 Å². The zero-order chi connectivity index (χ0) is 28.8. The molecule has 2 N–H and O–H groups in total. The molecule has 3 aromatic carbocycles. The van der Waals surface area contributed by atoms with Crippen LogP contribution in [0.4, 0.5) is 16.2 Å². The lowest BCUT2D eigenvalue weighted by Crippen LogP contribution is -2.36. The van der Waals surface area contributed by atoms with Crippen molar-refractivity contribution in [3.8, 4) is 11.5 Å². The second-order valence-corrected chi connectivity index (χ2v) is 10.2. The van der Waals surface area contributed by atoms with Gasteiger partial charge in [0.1, 0.15) is 6.54 Å². The molecule has 4 amide bonds. The predicted octanol–water partition coefficient (Wildman–Crippen LogP) is 5.31. The molecule has 1 saturated heterocycles. The van der Waals surface area contributed by atoms with Gasteiger partial charge >= 0.3 is 0 Å². The van der Waals surface area contributed by atoms with Gasteiger partial charge in [-0.1, -0.05) is 30.3 Å². The maximum absolute atomic E-state index is 12.9. The third-order valence-electron chi connectivity index (χ3n) is 6.20. The molecule has 0 bridgehead atoms. The number of rotatable bonds is 9. The number of imide groups is 1. The number of amides is 4. The van der Waals surface area contributed by atoms with Gasteiger partial charge in [-0.2, -0.15) is 0 Å². The highest BCUT2D eigenvalue weighted by molar-refractivity contribution is 8.18. The summed E-state index contributed by atoms with van der Waals surface area (Å²) < 4.78 is 11.0. The molecular formula is C30H29N3O6S. The number of aryl methyl sites for hydroxylation is 2. The van der Waals surface area contributed by atoms with Crippen LogP contribution in [0.25, 0.3) is 6.08 Å². The molecule has 3 aromatic rings. The quantitative estimate of drug-likeness (QED) is 0.342. The van der Waals surface area contributed by atoms with Crippen LogP contribution in [0, 0.1) is 20.8 Å². The molecule has 0 aliphatic carbocycles. The Kier molecular flexibility index (Phi) is 8.90. The fourth-order valence-corrected chi connectivity index (χ4v) is 4.80. The molecule has 206 valence electrons. The van der Waals surface area contributed by atoms with Crippen LogP contribution in [0.1, 0.15) is 22.3 Å². The van der Waals surface area contributed by atoms with E-state index in [0.29, 0.717) is 28.4 Å². The van der Waals surface area contributed by atoms with Crippen LogP contribution in [0.2, 0.25) is 0 Å². The molecule has 10 heteroatoms. The summed E-state index contributed by atoms with van der Waals surface area (Å²) in [6.45, 7) is 5.13. The first-order valence-electron chi connectivity index (χ1n) is 12.4. The number of thioether (sulfide) groups is 1. The molecular weight excluding hydrogens is 530 g/mol. The second-order valence-electron chi connectivity index (χ2n) is 9.18. The highest BCUT2D eigenvalue weighted by atomic mass is 32.2. The largest absolute Gasteiger partial charge is 0.493 e. The molecule has 1 aliphatic heterocycles. The van der Waals surface area contributed by atoms with Gasteiger partial charge < -0.3 is 20.1 Å². The molecule has 9 nitrogen and oxygen atoms in total. The molecule has 1 aliphatic rings. The Balaban J connectivity index is 1.39. The Hall–Kier alpha value is -4.57. The summed E-state index contributed by atoms with van der Waals surface area (Å²) in [6, 6.07) is 17.9. The van der Waals surface area contributed by atoms with Crippen LogP contribution in [-0.4, -0.2) is 48.1 Å². The molecule has 1 fully saturated rings. The van der Waals surface area contributed by atoms with Gasteiger partial charge in [0.15, 0.2) is 18.1 Å². The third kappa shape index (κ3) is 6.89. The van der Waals surface area contributed by atoms with Crippen molar-refractivity contribution >= 4 is 52.2 Å². The van der Waals surface area contributed by atoms with Crippen LogP contribution < -0.4 is 20.1 Å². The van der Waals surface area contributed by atoms with Crippen LogP contribution in [0.3, 0.4) is 0 Å². The van der Waals surface area contributed by atoms with Crippen LogP contribution in [0.5, 0.6) is 11.5 Å². The van der Waals surface area contributed by atoms with Crippen molar-refractivity contribution in [3.63, 3.8) is 0 Å². The molecule has 0 radical (unpaired) electrons. The van der Waals surface area contributed by atoms with Gasteiger partial charge in [-0.25, -0.2) is 0 Å². The summed E-state index contributed by atoms with van der Waals surface area (Å²) in [5.41, 5.74) is 4.85. The highest BCUT2D eigenvalue weighted by Crippen LogP contribution is 2.34. The molecule has 0 aromatic heterocycles. The zero-order valence-corrected chi connectivity index (χ0v) is 23.4. The van der Waals surface area contributed by atoms with Gasteiger partial charge in [0, 0.05) is 11.4 Å². The maximum Gasteiger partial charge on any atom is 0.294 e. The van der Waals surface area contributed by atoms with Crippen LogP contribution in [-0.2, 0) is 14.4 Å². The summed E-state index contributed by atoms with van der Waals surface area (Å²) in [7, 11) is 1.46. The highest BCUT2D eigenvalue weighted by Gasteiger charge is 2.36. The van der Waals surface area contributed by atoms with Crippen molar-refractivity contribution in [3.05, 3.63) is 87.8 Å². The van der Waals surface area contributed by atoms with E-state index in [2.05, 4.69) is 10.6 Å². The number of benzene rings is 3. The maximum atomic E-state index is 12.9. The first-order valence-corrected chi connectivity index (χ1v) is 13.2. The van der Waals surface area contributed by atoms with E-state index in [1.165, 1.54) is 7.11 Å². The third-order valence-corrected chi connectivity index (χ3v) is 7.11. The lowest BCUT2D eigenvalue weighted by Gasteiger charge is -2.14. The summed E-state index contributed by atoms with van der Waals surface area (Å²) in [6.07, 6.45) is 1.55. The number of nitrogens with zero attached hydrogens (tertiary/aromatic N) is 1. The fourth-order valence-electron chi connectivity index (χ4n) is 3.96. The van der Waals surface area contributed by atoms with Crippen molar-refractivity contribution in [2.24, 2.45) is 0 Å². The van der Waals surface area contributed by atoms with Gasteiger partial charge in [-0.15, -0.1) is 0 Å². The Morgan fingerprint density at radius 2 is 1.70 bits per heavy atom. The normalized spacial score (nSPS) is 13.9. The first-order chi connectivity index (χ1) is 19.1. The molecule has 4 rings (SSSR count). The number of hydrogen-bond donors (Lipinski definition) is 2. The SMILES string of the molecule is COc1cc(/C=C2/SC(=O)N(CC(=O)Nc3cccc(C)c3C)C2=O)ccc1OCC(=O)Nc1cccc(C)c1. The van der Waals surface area contributed by atoms with Crippen molar-refractivity contribution in [1.82, 2.24) is 4.90 Å². The molecule has 0 saturated carbocycles. The van der Waals surface area contributed by atoms with Crippen LogP contribution in [0.15, 0.2) is 65.6 Å². The molecule has 1 heterocycles. The number of carbonyl (C=O) groups is 4. The topological polar surface area (TPSA) is 114 Å². The minimum absolute atomic E-state index is 0.179. The van der Waals surface area contributed by atoms with Gasteiger partial charge in [-0.3, -0.25) is 24.1 Å². The van der Waals surface area contributed by atoms with Gasteiger partial charge in [0.05, 0.1) is 12.0 Å². The number of carbonyl (C=O) groups excluding carboxylic acids is 4. The zero-order valence-electron chi connectivity index (χ0n) is 22.6. The minimum atomic E-state index is -0.557. The summed E-state index contributed by atoms with van der Waals surface area (Å²) in [5, 5.41) is 5.01.